The molecule has 1 unspecified atom stereocenters. The van der Waals surface area contributed by atoms with Gasteiger partial charge in [-0.05, 0) is 50.9 Å². The van der Waals surface area contributed by atoms with Crippen molar-refractivity contribution in [3.8, 4) is 0 Å². The van der Waals surface area contributed by atoms with Crippen LogP contribution in [0.4, 0.5) is 0 Å². The van der Waals surface area contributed by atoms with Crippen LogP contribution in [0.1, 0.15) is 149 Å². The molecule has 0 radical (unpaired) electrons. The first-order valence-electron chi connectivity index (χ1n) is 21.2. The van der Waals surface area contributed by atoms with Crippen LogP contribution < -0.4 is 0 Å². The zero-order valence-corrected chi connectivity index (χ0v) is 35.1. The summed E-state index contributed by atoms with van der Waals surface area (Å²) in [7, 11) is -4.70. The number of aliphatic hydroxyl groups is 5. The van der Waals surface area contributed by atoms with Gasteiger partial charge >= 0.3 is 19.8 Å². The summed E-state index contributed by atoms with van der Waals surface area (Å²) >= 11 is 0. The zero-order valence-electron chi connectivity index (χ0n) is 34.2. The molecule has 1 aliphatic carbocycles. The number of hydrogen-bond donors (Lipinski definition) is 6. The highest BCUT2D eigenvalue weighted by atomic mass is 31.2. The van der Waals surface area contributed by atoms with Crippen LogP contribution in [0.3, 0.4) is 0 Å². The second-order valence-electron chi connectivity index (χ2n) is 15.0. The van der Waals surface area contributed by atoms with Crippen molar-refractivity contribution in [1.29, 1.82) is 0 Å². The molecular weight excluding hydrogens is 743 g/mol. The molecule has 0 saturated heterocycles. The summed E-state index contributed by atoms with van der Waals surface area (Å²) in [6.07, 6.45) is 25.3. The Bertz CT molecular complexity index is 1150. The Labute approximate surface area is 336 Å². The molecule has 1 rings (SSSR count). The first-order chi connectivity index (χ1) is 26.9. The maximum atomic E-state index is 12.6. The van der Waals surface area contributed by atoms with E-state index in [1.807, 2.05) is 0 Å². The molecule has 0 aromatic heterocycles. The van der Waals surface area contributed by atoms with Gasteiger partial charge in [-0.3, -0.25) is 18.6 Å². The minimum absolute atomic E-state index is 0.108. The number of rotatable bonds is 35. The lowest BCUT2D eigenvalue weighted by Gasteiger charge is -2.20. The van der Waals surface area contributed by atoms with Gasteiger partial charge in [-0.25, -0.2) is 4.57 Å². The molecule has 326 valence electrons. The van der Waals surface area contributed by atoms with E-state index < -0.39 is 76.7 Å². The van der Waals surface area contributed by atoms with Gasteiger partial charge in [0.05, 0.1) is 44.6 Å². The van der Waals surface area contributed by atoms with Gasteiger partial charge in [-0.15, -0.1) is 0 Å². The summed E-state index contributed by atoms with van der Waals surface area (Å²) in [5.41, 5.74) is 0. The molecule has 0 bridgehead atoms. The molecule has 14 heteroatoms. The van der Waals surface area contributed by atoms with Crippen molar-refractivity contribution < 1.29 is 63.1 Å². The molecule has 8 atom stereocenters. The number of hydrogen-bond acceptors (Lipinski definition) is 12. The van der Waals surface area contributed by atoms with Crippen LogP contribution >= 0.6 is 7.82 Å². The molecule has 56 heavy (non-hydrogen) atoms. The Morgan fingerprint density at radius 2 is 1.36 bits per heavy atom. The average molecular weight is 819 g/mol. The van der Waals surface area contributed by atoms with E-state index in [-0.39, 0.29) is 31.1 Å². The smallest absolute Gasteiger partial charge is 0.461 e. The molecular formula is C42H75O13P. The number of aliphatic hydroxyl groups excluding tert-OH is 5. The van der Waals surface area contributed by atoms with E-state index in [1.165, 1.54) is 38.5 Å². The van der Waals surface area contributed by atoms with E-state index >= 15 is 0 Å². The molecule has 1 saturated carbocycles. The summed E-state index contributed by atoms with van der Waals surface area (Å²) < 4.78 is 32.6. The molecule has 0 amide bonds. The predicted molar refractivity (Wildman–Crippen MR) is 216 cm³/mol. The van der Waals surface area contributed by atoms with Crippen LogP contribution in [0.15, 0.2) is 36.5 Å². The summed E-state index contributed by atoms with van der Waals surface area (Å²) in [5, 5.41) is 49.6. The highest BCUT2D eigenvalue weighted by molar-refractivity contribution is 7.47. The van der Waals surface area contributed by atoms with Crippen LogP contribution in [0.5, 0.6) is 0 Å². The Hall–Kier alpha value is -1.93. The molecule has 1 fully saturated rings. The lowest BCUT2D eigenvalue weighted by molar-refractivity contribution is -0.160. The van der Waals surface area contributed by atoms with Crippen molar-refractivity contribution in [3.63, 3.8) is 0 Å². The number of phosphoric ester groups is 1. The largest absolute Gasteiger partial charge is 0.472 e. The summed E-state index contributed by atoms with van der Waals surface area (Å²) in [5.74, 6) is -1.88. The highest BCUT2D eigenvalue weighted by Gasteiger charge is 2.39. The molecule has 0 aromatic carbocycles. The summed E-state index contributed by atoms with van der Waals surface area (Å²) in [4.78, 5) is 35.2. The molecule has 13 nitrogen and oxygen atoms in total. The minimum Gasteiger partial charge on any atom is -0.461 e. The van der Waals surface area contributed by atoms with Crippen LogP contribution in [-0.2, 0) is 32.7 Å². The van der Waals surface area contributed by atoms with Crippen molar-refractivity contribution in [2.45, 2.75) is 179 Å². The van der Waals surface area contributed by atoms with Crippen molar-refractivity contribution in [2.75, 3.05) is 26.4 Å². The first kappa shape index (κ1) is 52.1. The van der Waals surface area contributed by atoms with Gasteiger partial charge in [0, 0.05) is 18.8 Å². The number of esters is 2. The monoisotopic (exact) mass is 818 g/mol. The molecule has 0 heterocycles. The molecule has 6 N–H and O–H groups in total. The molecule has 0 spiro atoms. The maximum Gasteiger partial charge on any atom is 0.472 e. The number of allylic oxidation sites excluding steroid dienone is 3. The minimum atomic E-state index is -4.70. The lowest BCUT2D eigenvalue weighted by atomic mass is 9.89. The fraction of sp³-hybridized carbons (Fsp3) is 0.810. The Morgan fingerprint density at radius 3 is 2.02 bits per heavy atom. The summed E-state index contributed by atoms with van der Waals surface area (Å²) in [6.45, 7) is 1.88. The second kappa shape index (κ2) is 33.0. The van der Waals surface area contributed by atoms with Crippen molar-refractivity contribution in [1.82, 2.24) is 0 Å². The van der Waals surface area contributed by atoms with E-state index in [0.717, 1.165) is 57.8 Å². The topological polar surface area (TPSA) is 210 Å². The van der Waals surface area contributed by atoms with E-state index in [0.29, 0.717) is 19.3 Å². The lowest BCUT2D eigenvalue weighted by Crippen LogP contribution is -2.29. The molecule has 1 aliphatic rings. The summed E-state index contributed by atoms with van der Waals surface area (Å²) in [6, 6.07) is 0. The molecule has 0 aromatic rings. The quantitative estimate of drug-likeness (QED) is 0.0163. The fourth-order valence-electron chi connectivity index (χ4n) is 6.49. The normalized spacial score (nSPS) is 21.5. The Balaban J connectivity index is 2.54. The third-order valence-corrected chi connectivity index (χ3v) is 10.8. The van der Waals surface area contributed by atoms with Gasteiger partial charge < -0.3 is 39.9 Å². The van der Waals surface area contributed by atoms with Gasteiger partial charge in [-0.1, -0.05) is 121 Å². The van der Waals surface area contributed by atoms with Crippen molar-refractivity contribution >= 4 is 19.8 Å². The average Bonchev–Trinajstić information content (AvgIpc) is 3.44. The van der Waals surface area contributed by atoms with Crippen LogP contribution in [0.25, 0.3) is 0 Å². The van der Waals surface area contributed by atoms with E-state index in [4.69, 9.17) is 19.1 Å². The number of phosphoric acid groups is 1. The van der Waals surface area contributed by atoms with Gasteiger partial charge in [0.1, 0.15) is 12.7 Å². The van der Waals surface area contributed by atoms with Crippen LogP contribution in [0, 0.1) is 11.8 Å². The number of unbranched alkanes of at least 4 members (excludes halogenated alkanes) is 13. The fourth-order valence-corrected chi connectivity index (χ4v) is 7.28. The number of ether oxygens (including phenoxy) is 2. The van der Waals surface area contributed by atoms with Crippen molar-refractivity contribution in [2.24, 2.45) is 11.8 Å². The van der Waals surface area contributed by atoms with E-state index in [9.17, 15) is 39.5 Å². The number of carbonyl (C=O) groups is 2. The Kier molecular flexibility index (Phi) is 30.7. The third-order valence-electron chi connectivity index (χ3n) is 9.87. The Morgan fingerprint density at radius 1 is 0.750 bits per heavy atom. The van der Waals surface area contributed by atoms with Gasteiger partial charge in [0.25, 0.3) is 0 Å². The zero-order chi connectivity index (χ0) is 41.4. The van der Waals surface area contributed by atoms with Gasteiger partial charge in [0.15, 0.2) is 6.10 Å². The van der Waals surface area contributed by atoms with Crippen molar-refractivity contribution in [3.05, 3.63) is 36.5 Å². The molecule has 0 aliphatic heterocycles. The SMILES string of the molecule is CCCCCCCC/C=C\CCCCCCCC(=O)O[C@H](COC(=O)C/C=C\C[C@H]1[C@@H](/C=C/[C@H](O)CCCCC)[C@H](O)C[C@@H]1O)COP(=O)(O)OC[C@@H](O)CO. The van der Waals surface area contributed by atoms with Crippen LogP contribution in [0.2, 0.25) is 0 Å². The van der Waals surface area contributed by atoms with Gasteiger partial charge in [-0.2, -0.15) is 0 Å². The number of carbonyl (C=O) groups excluding carboxylic acids is 2. The maximum absolute atomic E-state index is 12.6. The predicted octanol–water partition coefficient (Wildman–Crippen LogP) is 7.16. The second-order valence-corrected chi connectivity index (χ2v) is 16.5. The van der Waals surface area contributed by atoms with E-state index in [2.05, 4.69) is 30.5 Å². The van der Waals surface area contributed by atoms with E-state index in [1.54, 1.807) is 24.3 Å². The standard InChI is InChI=1S/C42H75O13P/c1-3-5-7-8-9-10-11-12-13-14-15-16-17-18-20-26-42(49)55-36(33-54-56(50,51)53-31-35(45)30-43)32-52-41(48)25-22-21-24-37-38(40(47)29-39(37)46)28-27-34(44)23-19-6-4-2/h12-13,21-22,27-28,34-40,43-47H,3-11,14-20,23-26,29-33H2,1-2H3,(H,50,51)/b13-12-,22-21-,28-27+/t34-,35+,36-,37+,38-,39+,40-/m1/s1. The highest BCUT2D eigenvalue weighted by Crippen LogP contribution is 2.43. The van der Waals surface area contributed by atoms with Crippen LogP contribution in [-0.4, -0.2) is 99.3 Å². The first-order valence-corrected chi connectivity index (χ1v) is 22.7. The third kappa shape index (κ3) is 26.9. The van der Waals surface area contributed by atoms with Gasteiger partial charge in [0.2, 0.25) is 0 Å².